The van der Waals surface area contributed by atoms with Gasteiger partial charge in [0.2, 0.25) is 21.8 Å². The molecule has 1 unspecified atom stereocenters. The van der Waals surface area contributed by atoms with Gasteiger partial charge in [-0.1, -0.05) is 36.4 Å². The third-order valence-electron chi connectivity index (χ3n) is 4.28. The highest BCUT2D eigenvalue weighted by Crippen LogP contribution is 2.20. The lowest BCUT2D eigenvalue weighted by molar-refractivity contribution is -0.129. The molecular formula is C18H21N3O4S2. The van der Waals surface area contributed by atoms with Crippen LogP contribution < -0.4 is 10.0 Å². The van der Waals surface area contributed by atoms with Gasteiger partial charge in [-0.3, -0.25) is 9.59 Å². The number of benzene rings is 1. The van der Waals surface area contributed by atoms with Gasteiger partial charge >= 0.3 is 0 Å². The zero-order valence-corrected chi connectivity index (χ0v) is 16.3. The minimum absolute atomic E-state index is 0.0441. The maximum atomic E-state index is 12.3. The van der Waals surface area contributed by atoms with Gasteiger partial charge in [0.25, 0.3) is 0 Å². The van der Waals surface area contributed by atoms with Gasteiger partial charge in [-0.2, -0.15) is 0 Å². The SMILES string of the molecule is O=C(NCCNS(=O)(=O)c1cccs1)C1CC(=O)N(Cc2ccccc2)C1. The van der Waals surface area contributed by atoms with E-state index in [1.807, 2.05) is 30.3 Å². The van der Waals surface area contributed by atoms with Crippen LogP contribution in [0.4, 0.5) is 0 Å². The van der Waals surface area contributed by atoms with Crippen molar-refractivity contribution in [3.63, 3.8) is 0 Å². The predicted molar refractivity (Wildman–Crippen MR) is 102 cm³/mol. The molecule has 1 atom stereocenters. The molecule has 1 aromatic heterocycles. The lowest BCUT2D eigenvalue weighted by Gasteiger charge is -2.16. The molecule has 2 amide bonds. The van der Waals surface area contributed by atoms with Crippen LogP contribution in [0.3, 0.4) is 0 Å². The molecule has 0 aliphatic carbocycles. The molecule has 1 fully saturated rings. The summed E-state index contributed by atoms with van der Waals surface area (Å²) in [4.78, 5) is 26.1. The summed E-state index contributed by atoms with van der Waals surface area (Å²) in [5.41, 5.74) is 1.02. The van der Waals surface area contributed by atoms with Gasteiger partial charge in [0.05, 0.1) is 5.92 Å². The number of hydrogen-bond donors (Lipinski definition) is 2. The Kier molecular flexibility index (Phi) is 6.25. The van der Waals surface area contributed by atoms with E-state index in [2.05, 4.69) is 10.0 Å². The fraction of sp³-hybridized carbons (Fsp3) is 0.333. The van der Waals surface area contributed by atoms with Gasteiger partial charge in [-0.05, 0) is 17.0 Å². The zero-order chi connectivity index (χ0) is 19.3. The van der Waals surface area contributed by atoms with Crippen molar-refractivity contribution in [2.24, 2.45) is 5.92 Å². The molecule has 0 spiro atoms. The van der Waals surface area contributed by atoms with Crippen LogP contribution in [0.1, 0.15) is 12.0 Å². The van der Waals surface area contributed by atoms with E-state index >= 15 is 0 Å². The van der Waals surface area contributed by atoms with Gasteiger partial charge < -0.3 is 10.2 Å². The second kappa shape index (κ2) is 8.64. The van der Waals surface area contributed by atoms with Crippen molar-refractivity contribution >= 4 is 33.2 Å². The molecule has 7 nitrogen and oxygen atoms in total. The quantitative estimate of drug-likeness (QED) is 0.643. The van der Waals surface area contributed by atoms with Gasteiger partial charge in [0.15, 0.2) is 0 Å². The van der Waals surface area contributed by atoms with E-state index in [9.17, 15) is 18.0 Å². The summed E-state index contributed by atoms with van der Waals surface area (Å²) < 4.78 is 26.7. The molecule has 0 radical (unpaired) electrons. The predicted octanol–water partition coefficient (Wildman–Crippen LogP) is 1.19. The highest BCUT2D eigenvalue weighted by Gasteiger charge is 2.34. The Morgan fingerprint density at radius 3 is 2.63 bits per heavy atom. The lowest BCUT2D eigenvalue weighted by Crippen LogP contribution is -2.38. The number of rotatable bonds is 8. The Labute approximate surface area is 162 Å². The molecule has 1 aliphatic rings. The van der Waals surface area contributed by atoms with E-state index in [-0.39, 0.29) is 35.5 Å². The average Bonchev–Trinajstić information content (AvgIpc) is 3.31. The van der Waals surface area contributed by atoms with Crippen molar-refractivity contribution in [3.8, 4) is 0 Å². The van der Waals surface area contributed by atoms with E-state index < -0.39 is 15.9 Å². The largest absolute Gasteiger partial charge is 0.354 e. The van der Waals surface area contributed by atoms with Crippen molar-refractivity contribution < 1.29 is 18.0 Å². The third kappa shape index (κ3) is 5.15. The fourth-order valence-corrected chi connectivity index (χ4v) is 4.98. The number of carbonyl (C=O) groups excluding carboxylic acids is 2. The number of sulfonamides is 1. The van der Waals surface area contributed by atoms with Crippen LogP contribution in [0.15, 0.2) is 52.1 Å². The standard InChI is InChI=1S/C18H21N3O4S2/c22-16-11-15(13-21(16)12-14-5-2-1-3-6-14)18(23)19-8-9-20-27(24,25)17-7-4-10-26-17/h1-7,10,15,20H,8-9,11-13H2,(H,19,23). The molecule has 1 aliphatic heterocycles. The summed E-state index contributed by atoms with van der Waals surface area (Å²) >= 11 is 1.13. The van der Waals surface area contributed by atoms with Crippen molar-refractivity contribution in [1.29, 1.82) is 0 Å². The monoisotopic (exact) mass is 407 g/mol. The van der Waals surface area contributed by atoms with Gasteiger partial charge in [-0.25, -0.2) is 13.1 Å². The molecule has 144 valence electrons. The molecule has 1 aromatic carbocycles. The summed E-state index contributed by atoms with van der Waals surface area (Å²) in [5, 5.41) is 4.40. The second-order valence-corrected chi connectivity index (χ2v) is 9.22. The average molecular weight is 408 g/mol. The smallest absolute Gasteiger partial charge is 0.250 e. The van der Waals surface area contributed by atoms with Crippen LogP contribution in [-0.4, -0.2) is 44.8 Å². The Bertz CT molecular complexity index is 883. The first-order chi connectivity index (χ1) is 13.0. The van der Waals surface area contributed by atoms with E-state index in [1.54, 1.807) is 16.3 Å². The molecule has 0 saturated carbocycles. The summed E-state index contributed by atoms with van der Waals surface area (Å²) in [6.07, 6.45) is 0.180. The summed E-state index contributed by atoms with van der Waals surface area (Å²) in [7, 11) is -3.53. The molecule has 3 rings (SSSR count). The number of thiophene rings is 1. The minimum atomic E-state index is -3.53. The highest BCUT2D eigenvalue weighted by molar-refractivity contribution is 7.91. The first kappa shape index (κ1) is 19.5. The number of amides is 2. The first-order valence-electron chi connectivity index (χ1n) is 8.58. The maximum Gasteiger partial charge on any atom is 0.250 e. The number of likely N-dealkylation sites (tertiary alicyclic amines) is 1. The Balaban J connectivity index is 1.43. The Morgan fingerprint density at radius 1 is 1.15 bits per heavy atom. The van der Waals surface area contributed by atoms with Crippen LogP contribution in [0.2, 0.25) is 0 Å². The Morgan fingerprint density at radius 2 is 1.93 bits per heavy atom. The molecule has 2 aromatic rings. The van der Waals surface area contributed by atoms with Crippen molar-refractivity contribution in [2.45, 2.75) is 17.2 Å². The summed E-state index contributed by atoms with van der Waals surface area (Å²) in [5.74, 6) is -0.679. The van der Waals surface area contributed by atoms with Crippen LogP contribution in [-0.2, 0) is 26.2 Å². The molecule has 0 bridgehead atoms. The number of nitrogens with zero attached hydrogens (tertiary/aromatic N) is 1. The van der Waals surface area contributed by atoms with Crippen molar-refractivity contribution in [3.05, 3.63) is 53.4 Å². The summed E-state index contributed by atoms with van der Waals surface area (Å²) in [6.45, 7) is 1.14. The highest BCUT2D eigenvalue weighted by atomic mass is 32.2. The van der Waals surface area contributed by atoms with Crippen LogP contribution in [0.25, 0.3) is 0 Å². The van der Waals surface area contributed by atoms with Gasteiger partial charge in [0.1, 0.15) is 4.21 Å². The zero-order valence-electron chi connectivity index (χ0n) is 14.6. The van der Waals surface area contributed by atoms with Crippen LogP contribution >= 0.6 is 11.3 Å². The number of hydrogen-bond acceptors (Lipinski definition) is 5. The van der Waals surface area contributed by atoms with E-state index in [1.165, 1.54) is 6.07 Å². The Hall–Kier alpha value is -2.23. The lowest BCUT2D eigenvalue weighted by atomic mass is 10.1. The molecule has 1 saturated heterocycles. The van der Waals surface area contributed by atoms with Gasteiger partial charge in [0, 0.05) is 32.6 Å². The fourth-order valence-electron chi connectivity index (χ4n) is 2.91. The molecule has 27 heavy (non-hydrogen) atoms. The normalized spacial score (nSPS) is 17.3. The van der Waals surface area contributed by atoms with E-state index in [4.69, 9.17) is 0 Å². The summed E-state index contributed by atoms with van der Waals surface area (Å²) in [6, 6.07) is 12.8. The van der Waals surface area contributed by atoms with Gasteiger partial charge in [-0.15, -0.1) is 11.3 Å². The molecule has 2 N–H and O–H groups in total. The van der Waals surface area contributed by atoms with Crippen molar-refractivity contribution in [2.75, 3.05) is 19.6 Å². The number of nitrogens with one attached hydrogen (secondary N) is 2. The minimum Gasteiger partial charge on any atom is -0.354 e. The maximum absolute atomic E-state index is 12.3. The van der Waals surface area contributed by atoms with Crippen molar-refractivity contribution in [1.82, 2.24) is 14.9 Å². The topological polar surface area (TPSA) is 95.6 Å². The molecule has 2 heterocycles. The molecule has 9 heteroatoms. The third-order valence-corrected chi connectivity index (χ3v) is 7.14. The van der Waals surface area contributed by atoms with Crippen LogP contribution in [0.5, 0.6) is 0 Å². The van der Waals surface area contributed by atoms with E-state index in [0.717, 1.165) is 16.9 Å². The van der Waals surface area contributed by atoms with Crippen LogP contribution in [0, 0.1) is 5.92 Å². The number of carbonyl (C=O) groups is 2. The van der Waals surface area contributed by atoms with E-state index in [0.29, 0.717) is 13.1 Å². The molecular weight excluding hydrogens is 386 g/mol. The first-order valence-corrected chi connectivity index (χ1v) is 10.9. The second-order valence-electron chi connectivity index (χ2n) is 6.28.